The van der Waals surface area contributed by atoms with Gasteiger partial charge in [-0.25, -0.2) is 0 Å². The first-order valence-corrected chi connectivity index (χ1v) is 9.88. The van der Waals surface area contributed by atoms with Crippen LogP contribution >= 0.6 is 11.6 Å². The third-order valence-electron chi connectivity index (χ3n) is 5.32. The molecule has 1 unspecified atom stereocenters. The van der Waals surface area contributed by atoms with E-state index in [-0.39, 0.29) is 24.5 Å². The minimum absolute atomic E-state index is 0.0796. The molecule has 3 rings (SSSR count). The van der Waals surface area contributed by atoms with Gasteiger partial charge in [-0.2, -0.15) is 0 Å². The van der Waals surface area contributed by atoms with E-state index >= 15 is 0 Å². The zero-order chi connectivity index (χ0) is 19.6. The third-order valence-corrected chi connectivity index (χ3v) is 5.74. The fourth-order valence-corrected chi connectivity index (χ4v) is 3.54. The molecule has 1 amide bonds. The van der Waals surface area contributed by atoms with Gasteiger partial charge >= 0.3 is 5.97 Å². The lowest BCUT2D eigenvalue weighted by Gasteiger charge is -2.43. The van der Waals surface area contributed by atoms with Crippen molar-refractivity contribution in [1.82, 2.24) is 10.2 Å². The van der Waals surface area contributed by atoms with Gasteiger partial charge in [0.05, 0.1) is 6.54 Å². The van der Waals surface area contributed by atoms with Crippen LogP contribution in [0.25, 0.3) is 0 Å². The molecule has 1 aromatic carbocycles. The molecule has 0 aliphatic heterocycles. The molecule has 27 heavy (non-hydrogen) atoms. The van der Waals surface area contributed by atoms with E-state index in [9.17, 15) is 9.59 Å². The highest BCUT2D eigenvalue weighted by atomic mass is 35.5. The molecule has 0 heterocycles. The highest BCUT2D eigenvalue weighted by molar-refractivity contribution is 6.31. The number of nitrogens with one attached hydrogen (secondary N) is 1. The van der Waals surface area contributed by atoms with Crippen molar-refractivity contribution in [2.24, 2.45) is 5.92 Å². The maximum Gasteiger partial charge on any atom is 0.317 e. The van der Waals surface area contributed by atoms with Crippen LogP contribution in [0.4, 0.5) is 0 Å². The van der Waals surface area contributed by atoms with E-state index < -0.39 is 12.1 Å². The van der Waals surface area contributed by atoms with Crippen molar-refractivity contribution in [3.63, 3.8) is 0 Å². The smallest absolute Gasteiger partial charge is 0.317 e. The van der Waals surface area contributed by atoms with E-state index in [1.54, 1.807) is 19.1 Å². The molecular formula is C20H27ClN2O4. The second-order valence-corrected chi connectivity index (χ2v) is 8.18. The number of carbonyl (C=O) groups is 2. The lowest BCUT2D eigenvalue weighted by Crippen LogP contribution is -2.56. The third kappa shape index (κ3) is 5.59. The molecule has 0 saturated heterocycles. The van der Waals surface area contributed by atoms with Gasteiger partial charge in [0, 0.05) is 23.7 Å². The van der Waals surface area contributed by atoms with Crippen LogP contribution in [0.5, 0.6) is 5.75 Å². The Morgan fingerprint density at radius 1 is 1.37 bits per heavy atom. The highest BCUT2D eigenvalue weighted by Gasteiger charge is 2.38. The van der Waals surface area contributed by atoms with Crippen LogP contribution in [-0.4, -0.2) is 53.2 Å². The molecule has 148 valence electrons. The number of hydrogen-bond acceptors (Lipinski definition) is 4. The van der Waals surface area contributed by atoms with Crippen LogP contribution in [0, 0.1) is 12.8 Å². The summed E-state index contributed by atoms with van der Waals surface area (Å²) in [6, 6.07) is 5.63. The predicted octanol–water partition coefficient (Wildman–Crippen LogP) is 2.86. The molecule has 0 spiro atoms. The molecule has 2 aliphatic carbocycles. The number of nitrogens with zero attached hydrogens (tertiary/aromatic N) is 1. The molecular weight excluding hydrogens is 368 g/mol. The summed E-state index contributed by atoms with van der Waals surface area (Å²) >= 11 is 6.01. The topological polar surface area (TPSA) is 78.9 Å². The first-order valence-electron chi connectivity index (χ1n) is 9.51. The van der Waals surface area contributed by atoms with Gasteiger partial charge in [0.25, 0.3) is 5.91 Å². The number of ether oxygens (including phenoxy) is 1. The normalized spacial score (nSPS) is 22.8. The summed E-state index contributed by atoms with van der Waals surface area (Å²) in [6.07, 6.45) is 3.37. The zero-order valence-electron chi connectivity index (χ0n) is 15.8. The van der Waals surface area contributed by atoms with Crippen LogP contribution in [0.3, 0.4) is 0 Å². The number of aliphatic carboxylic acids is 1. The van der Waals surface area contributed by atoms with Gasteiger partial charge < -0.3 is 15.2 Å². The van der Waals surface area contributed by atoms with Crippen molar-refractivity contribution < 1.29 is 19.4 Å². The Kier molecular flexibility index (Phi) is 6.27. The summed E-state index contributed by atoms with van der Waals surface area (Å²) in [4.78, 5) is 25.5. The average Bonchev–Trinajstić information content (AvgIpc) is 3.36. The minimum Gasteiger partial charge on any atom is -0.481 e. The van der Waals surface area contributed by atoms with Crippen molar-refractivity contribution in [2.75, 3.05) is 13.1 Å². The summed E-state index contributed by atoms with van der Waals surface area (Å²) in [5, 5.41) is 12.8. The second kappa shape index (κ2) is 8.48. The largest absolute Gasteiger partial charge is 0.481 e. The molecule has 2 fully saturated rings. The molecule has 1 atom stereocenters. The van der Waals surface area contributed by atoms with E-state index in [0.29, 0.717) is 16.7 Å². The molecule has 0 aromatic heterocycles. The van der Waals surface area contributed by atoms with Gasteiger partial charge in [-0.05, 0) is 69.2 Å². The Hall–Kier alpha value is -1.79. The van der Waals surface area contributed by atoms with Crippen molar-refractivity contribution >= 4 is 23.5 Å². The number of carbonyl (C=O) groups excluding carboxylic acids is 1. The van der Waals surface area contributed by atoms with Crippen molar-refractivity contribution in [2.45, 2.75) is 57.7 Å². The Morgan fingerprint density at radius 3 is 2.67 bits per heavy atom. The maximum atomic E-state index is 12.4. The quantitative estimate of drug-likeness (QED) is 0.673. The summed E-state index contributed by atoms with van der Waals surface area (Å²) in [7, 11) is 0. The second-order valence-electron chi connectivity index (χ2n) is 7.77. The number of halogens is 1. The maximum absolute atomic E-state index is 12.4. The van der Waals surface area contributed by atoms with E-state index in [0.717, 1.165) is 24.9 Å². The number of amides is 1. The Balaban J connectivity index is 1.44. The number of rotatable bonds is 9. The van der Waals surface area contributed by atoms with Crippen molar-refractivity contribution in [1.29, 1.82) is 0 Å². The Bertz CT molecular complexity index is 701. The lowest BCUT2D eigenvalue weighted by molar-refractivity contribution is -0.140. The van der Waals surface area contributed by atoms with Gasteiger partial charge in [0.15, 0.2) is 6.10 Å². The zero-order valence-corrected chi connectivity index (χ0v) is 16.5. The molecule has 0 radical (unpaired) electrons. The van der Waals surface area contributed by atoms with Crippen molar-refractivity contribution in [3.8, 4) is 5.75 Å². The minimum atomic E-state index is -0.789. The molecule has 2 saturated carbocycles. The molecule has 2 aliphatic rings. The van der Waals surface area contributed by atoms with Gasteiger partial charge in [0.2, 0.25) is 0 Å². The SMILES string of the molecule is Cc1cc(OC(C)C(=O)NC2CC(N(CC(=O)O)CC3CC3)C2)ccc1Cl. The van der Waals surface area contributed by atoms with Crippen LogP contribution < -0.4 is 10.1 Å². The first-order chi connectivity index (χ1) is 12.8. The number of hydrogen-bond donors (Lipinski definition) is 2. The predicted molar refractivity (Wildman–Crippen MR) is 103 cm³/mol. The van der Waals surface area contributed by atoms with Gasteiger partial charge in [-0.15, -0.1) is 0 Å². The first kappa shape index (κ1) is 20.0. The molecule has 7 heteroatoms. The number of carboxylic acids is 1. The number of carboxylic acid groups (broad SMARTS) is 1. The molecule has 0 bridgehead atoms. The fraction of sp³-hybridized carbons (Fsp3) is 0.600. The summed E-state index contributed by atoms with van der Waals surface area (Å²) in [5.74, 6) is 0.318. The summed E-state index contributed by atoms with van der Waals surface area (Å²) < 4.78 is 5.71. The Labute approximate surface area is 164 Å². The van der Waals surface area contributed by atoms with E-state index in [1.807, 2.05) is 13.0 Å². The van der Waals surface area contributed by atoms with Crippen LogP contribution in [0.15, 0.2) is 18.2 Å². The van der Waals surface area contributed by atoms with Gasteiger partial charge in [-0.1, -0.05) is 11.6 Å². The van der Waals surface area contributed by atoms with Crippen molar-refractivity contribution in [3.05, 3.63) is 28.8 Å². The number of benzene rings is 1. The molecule has 6 nitrogen and oxygen atoms in total. The van der Waals surface area contributed by atoms with E-state index in [1.165, 1.54) is 12.8 Å². The van der Waals surface area contributed by atoms with Crippen LogP contribution in [0.2, 0.25) is 5.02 Å². The fourth-order valence-electron chi connectivity index (χ4n) is 3.42. The van der Waals surface area contributed by atoms with Crippen LogP contribution in [-0.2, 0) is 9.59 Å². The van der Waals surface area contributed by atoms with E-state index in [2.05, 4.69) is 10.2 Å². The van der Waals surface area contributed by atoms with Gasteiger partial charge in [-0.3, -0.25) is 14.5 Å². The van der Waals surface area contributed by atoms with E-state index in [4.69, 9.17) is 21.4 Å². The summed E-state index contributed by atoms with van der Waals surface area (Å²) in [6.45, 7) is 4.54. The van der Waals surface area contributed by atoms with Gasteiger partial charge in [0.1, 0.15) is 5.75 Å². The standard InChI is InChI=1S/C20H27ClN2O4/c1-12-7-17(5-6-18(12)21)27-13(2)20(26)22-15-8-16(9-15)23(11-19(24)25)10-14-3-4-14/h5-7,13-16H,3-4,8-11H2,1-2H3,(H,22,26)(H,24,25). The van der Waals surface area contributed by atoms with Crippen LogP contribution in [0.1, 0.15) is 38.2 Å². The molecule has 1 aromatic rings. The Morgan fingerprint density at radius 2 is 2.07 bits per heavy atom. The lowest BCUT2D eigenvalue weighted by atomic mass is 9.85. The summed E-state index contributed by atoms with van der Waals surface area (Å²) in [5.41, 5.74) is 0.901. The highest BCUT2D eigenvalue weighted by Crippen LogP contribution is 2.33. The number of aryl methyl sites for hydroxylation is 1. The molecule has 2 N–H and O–H groups in total. The average molecular weight is 395 g/mol. The monoisotopic (exact) mass is 394 g/mol.